The molecule has 0 bridgehead atoms. The Balaban J connectivity index is 2.17. The number of rotatable bonds is 7. The number of fused-ring (bicyclic) bond motifs is 1. The molecule has 4 heteroatoms. The smallest absolute Gasteiger partial charge is 0.355 e. The van der Waals surface area contributed by atoms with Gasteiger partial charge in [0.05, 0.1) is 5.67 Å². The Bertz CT molecular complexity index is 309. The molecule has 2 aliphatic rings. The van der Waals surface area contributed by atoms with E-state index in [4.69, 9.17) is 8.85 Å². The van der Waals surface area contributed by atoms with Crippen LogP contribution in [0.5, 0.6) is 0 Å². The van der Waals surface area contributed by atoms with Gasteiger partial charge >= 0.3 is 8.56 Å². The Labute approximate surface area is 132 Å². The average Bonchev–Trinajstić information content (AvgIpc) is 2.53. The summed E-state index contributed by atoms with van der Waals surface area (Å²) in [5.74, 6) is 1.73. The van der Waals surface area contributed by atoms with E-state index in [0.717, 1.165) is 17.9 Å². The molecule has 1 heterocycles. The molecule has 3 atom stereocenters. The quantitative estimate of drug-likeness (QED) is 0.524. The van der Waals surface area contributed by atoms with E-state index in [1.54, 1.807) is 0 Å². The Kier molecular flexibility index (Phi) is 6.72. The summed E-state index contributed by atoms with van der Waals surface area (Å²) >= 11 is 0. The first-order valence-corrected chi connectivity index (χ1v) is 11.1. The maximum Gasteiger partial charge on any atom is 0.355 e. The Morgan fingerprint density at radius 1 is 1.05 bits per heavy atom. The van der Waals surface area contributed by atoms with E-state index in [2.05, 4.69) is 18.9 Å². The van der Waals surface area contributed by atoms with Gasteiger partial charge in [0.2, 0.25) is 0 Å². The van der Waals surface area contributed by atoms with Gasteiger partial charge in [0.1, 0.15) is 0 Å². The molecule has 2 fully saturated rings. The lowest BCUT2D eigenvalue weighted by molar-refractivity contribution is 0.0457. The summed E-state index contributed by atoms with van der Waals surface area (Å²) in [5, 5.41) is 0. The second kappa shape index (κ2) is 8.09. The Hall–Kier alpha value is 0.0969. The zero-order valence-electron chi connectivity index (χ0n) is 14.6. The van der Waals surface area contributed by atoms with E-state index in [9.17, 15) is 0 Å². The standard InChI is InChI=1S/C17H35NO2Si/c1-5-6-9-14-21(19-3,20-4)17-16-11-8-7-10-15(16)12-13-18(17)2/h15-17H,5-14H2,1-4H3. The van der Waals surface area contributed by atoms with Crippen molar-refractivity contribution in [2.45, 2.75) is 70.0 Å². The van der Waals surface area contributed by atoms with E-state index in [1.165, 1.54) is 57.9 Å². The molecule has 1 saturated carbocycles. The van der Waals surface area contributed by atoms with Gasteiger partial charge in [-0.05, 0) is 44.3 Å². The molecule has 0 amide bonds. The van der Waals surface area contributed by atoms with Gasteiger partial charge in [-0.25, -0.2) is 0 Å². The van der Waals surface area contributed by atoms with Crippen LogP contribution in [0.4, 0.5) is 0 Å². The number of hydrogen-bond donors (Lipinski definition) is 0. The van der Waals surface area contributed by atoms with Crippen LogP contribution in [0.15, 0.2) is 0 Å². The van der Waals surface area contributed by atoms with Crippen LogP contribution in [0.2, 0.25) is 6.04 Å². The topological polar surface area (TPSA) is 21.7 Å². The fraction of sp³-hybridized carbons (Fsp3) is 1.00. The Morgan fingerprint density at radius 2 is 1.76 bits per heavy atom. The van der Waals surface area contributed by atoms with Gasteiger partial charge in [0, 0.05) is 14.2 Å². The van der Waals surface area contributed by atoms with Gasteiger partial charge in [-0.15, -0.1) is 0 Å². The van der Waals surface area contributed by atoms with E-state index in [0.29, 0.717) is 5.67 Å². The van der Waals surface area contributed by atoms with Crippen molar-refractivity contribution in [2.24, 2.45) is 11.8 Å². The van der Waals surface area contributed by atoms with Gasteiger partial charge in [0.15, 0.2) is 0 Å². The van der Waals surface area contributed by atoms with Gasteiger partial charge in [-0.3, -0.25) is 0 Å². The van der Waals surface area contributed by atoms with E-state index >= 15 is 0 Å². The van der Waals surface area contributed by atoms with Crippen molar-refractivity contribution >= 4 is 8.56 Å². The number of unbranched alkanes of at least 4 members (excludes halogenated alkanes) is 2. The third-order valence-electron chi connectivity index (χ3n) is 5.97. The highest BCUT2D eigenvalue weighted by molar-refractivity contribution is 6.69. The highest BCUT2D eigenvalue weighted by Gasteiger charge is 2.53. The van der Waals surface area contributed by atoms with E-state index in [-0.39, 0.29) is 0 Å². The molecule has 0 aromatic rings. The molecule has 21 heavy (non-hydrogen) atoms. The van der Waals surface area contributed by atoms with Crippen LogP contribution in [-0.2, 0) is 8.85 Å². The monoisotopic (exact) mass is 313 g/mol. The van der Waals surface area contributed by atoms with Crippen LogP contribution in [0.1, 0.15) is 58.3 Å². The summed E-state index contributed by atoms with van der Waals surface area (Å²) < 4.78 is 12.3. The fourth-order valence-electron chi connectivity index (χ4n) is 4.81. The number of likely N-dealkylation sites (tertiary alicyclic amines) is 1. The highest BCUT2D eigenvalue weighted by Crippen LogP contribution is 2.43. The molecule has 0 N–H and O–H groups in total. The van der Waals surface area contributed by atoms with Crippen LogP contribution >= 0.6 is 0 Å². The molecule has 0 aromatic heterocycles. The molecular formula is C17H35NO2Si. The zero-order chi connectivity index (χ0) is 15.3. The molecule has 1 saturated heterocycles. The maximum absolute atomic E-state index is 6.17. The average molecular weight is 314 g/mol. The van der Waals surface area contributed by atoms with E-state index < -0.39 is 8.56 Å². The van der Waals surface area contributed by atoms with Crippen molar-refractivity contribution in [3.8, 4) is 0 Å². The summed E-state index contributed by atoms with van der Waals surface area (Å²) in [6.45, 7) is 3.49. The first-order chi connectivity index (χ1) is 10.2. The lowest BCUT2D eigenvalue weighted by Crippen LogP contribution is -2.65. The molecule has 124 valence electrons. The highest BCUT2D eigenvalue weighted by atomic mass is 28.4. The van der Waals surface area contributed by atoms with Gasteiger partial charge in [0.25, 0.3) is 0 Å². The normalized spacial score (nSPS) is 31.1. The van der Waals surface area contributed by atoms with Gasteiger partial charge in [-0.1, -0.05) is 45.4 Å². The van der Waals surface area contributed by atoms with Crippen molar-refractivity contribution in [3.63, 3.8) is 0 Å². The molecule has 0 spiro atoms. The second-order valence-electron chi connectivity index (χ2n) is 7.10. The first-order valence-electron chi connectivity index (χ1n) is 8.99. The fourth-order valence-corrected chi connectivity index (χ4v) is 8.79. The largest absolute Gasteiger partial charge is 0.397 e. The van der Waals surface area contributed by atoms with Crippen molar-refractivity contribution in [1.29, 1.82) is 0 Å². The van der Waals surface area contributed by atoms with Crippen molar-refractivity contribution < 1.29 is 8.85 Å². The molecule has 2 rings (SSSR count). The molecule has 3 unspecified atom stereocenters. The van der Waals surface area contributed by atoms with Crippen molar-refractivity contribution in [2.75, 3.05) is 27.8 Å². The van der Waals surface area contributed by atoms with Gasteiger partial charge in [-0.2, -0.15) is 0 Å². The summed E-state index contributed by atoms with van der Waals surface area (Å²) in [4.78, 5) is 2.58. The predicted octanol–water partition coefficient (Wildman–Crippen LogP) is 3.96. The van der Waals surface area contributed by atoms with Crippen LogP contribution in [0.3, 0.4) is 0 Å². The van der Waals surface area contributed by atoms with E-state index in [1.807, 2.05) is 14.2 Å². The predicted molar refractivity (Wildman–Crippen MR) is 90.6 cm³/mol. The first kappa shape index (κ1) is 17.5. The second-order valence-corrected chi connectivity index (χ2v) is 10.6. The minimum Gasteiger partial charge on any atom is -0.397 e. The lowest BCUT2D eigenvalue weighted by atomic mass is 9.75. The number of piperidine rings is 1. The zero-order valence-corrected chi connectivity index (χ0v) is 15.6. The lowest BCUT2D eigenvalue weighted by Gasteiger charge is -2.51. The molecular weight excluding hydrogens is 278 g/mol. The number of hydrogen-bond acceptors (Lipinski definition) is 3. The Morgan fingerprint density at radius 3 is 2.43 bits per heavy atom. The minimum absolute atomic E-state index is 0.559. The summed E-state index contributed by atoms with van der Waals surface area (Å²) in [5.41, 5.74) is 0.559. The third kappa shape index (κ3) is 3.71. The van der Waals surface area contributed by atoms with Crippen molar-refractivity contribution in [3.05, 3.63) is 0 Å². The third-order valence-corrected chi connectivity index (χ3v) is 10.2. The van der Waals surface area contributed by atoms with Crippen LogP contribution in [0.25, 0.3) is 0 Å². The molecule has 1 aliphatic carbocycles. The van der Waals surface area contributed by atoms with Gasteiger partial charge < -0.3 is 13.8 Å². The van der Waals surface area contributed by atoms with Crippen LogP contribution < -0.4 is 0 Å². The summed E-state index contributed by atoms with van der Waals surface area (Å²) in [6, 6.07) is 1.16. The summed E-state index contributed by atoms with van der Waals surface area (Å²) in [6.07, 6.45) is 10.9. The molecule has 0 radical (unpaired) electrons. The molecule has 1 aliphatic heterocycles. The number of nitrogens with zero attached hydrogens (tertiary/aromatic N) is 1. The SMILES string of the molecule is CCCCC[Si](OC)(OC)C1C2CCCCC2CCN1C. The minimum atomic E-state index is -2.13. The maximum atomic E-state index is 6.17. The molecule has 3 nitrogen and oxygen atoms in total. The van der Waals surface area contributed by atoms with Crippen LogP contribution in [-0.4, -0.2) is 46.9 Å². The summed E-state index contributed by atoms with van der Waals surface area (Å²) in [7, 11) is 3.98. The van der Waals surface area contributed by atoms with Crippen molar-refractivity contribution in [1.82, 2.24) is 4.90 Å². The molecule has 0 aromatic carbocycles. The van der Waals surface area contributed by atoms with Crippen LogP contribution in [0, 0.1) is 11.8 Å².